The van der Waals surface area contributed by atoms with Crippen molar-refractivity contribution in [2.24, 2.45) is 0 Å². The fourth-order valence-corrected chi connectivity index (χ4v) is 3.28. The number of carboxylic acids is 1. The lowest BCUT2D eigenvalue weighted by Crippen LogP contribution is -2.56. The van der Waals surface area contributed by atoms with Crippen molar-refractivity contribution in [2.75, 3.05) is 19.7 Å². The Morgan fingerprint density at radius 3 is 2.38 bits per heavy atom. The van der Waals surface area contributed by atoms with Crippen LogP contribution in [0.5, 0.6) is 0 Å². The number of nitrogens with one attached hydrogen (secondary N) is 1. The molecule has 1 aliphatic rings. The first kappa shape index (κ1) is 18.4. The van der Waals surface area contributed by atoms with E-state index in [0.717, 1.165) is 32.5 Å². The first-order chi connectivity index (χ1) is 9.78. The second-order valence-corrected chi connectivity index (χ2v) is 6.68. The molecule has 2 atom stereocenters. The van der Waals surface area contributed by atoms with Crippen molar-refractivity contribution in [3.8, 4) is 0 Å². The third-order valence-electron chi connectivity index (χ3n) is 4.29. The Kier molecular flexibility index (Phi) is 7.10. The number of likely N-dealkylation sites (tertiary alicyclic amines) is 1. The van der Waals surface area contributed by atoms with Crippen LogP contribution in [0.2, 0.25) is 0 Å². The summed E-state index contributed by atoms with van der Waals surface area (Å²) in [6.07, 6.45) is 3.07. The molecule has 0 saturated carbocycles. The highest BCUT2D eigenvalue weighted by atomic mass is 16.5. The standard InChI is InChI=1S/C16H32N2O3/c1-6-21-14-7-9-18(10-8-14)13(4)11-16(5,15(19)20)17-12(2)3/h12-14,17H,6-11H2,1-5H3,(H,19,20). The van der Waals surface area contributed by atoms with E-state index in [0.29, 0.717) is 12.5 Å². The van der Waals surface area contributed by atoms with Crippen LogP contribution in [0.4, 0.5) is 0 Å². The molecule has 1 heterocycles. The lowest BCUT2D eigenvalue weighted by Gasteiger charge is -2.39. The van der Waals surface area contributed by atoms with Gasteiger partial charge in [-0.3, -0.25) is 10.1 Å². The molecule has 2 N–H and O–H groups in total. The fourth-order valence-electron chi connectivity index (χ4n) is 3.28. The Morgan fingerprint density at radius 2 is 1.95 bits per heavy atom. The summed E-state index contributed by atoms with van der Waals surface area (Å²) < 4.78 is 5.67. The van der Waals surface area contributed by atoms with E-state index >= 15 is 0 Å². The van der Waals surface area contributed by atoms with Crippen LogP contribution in [0.3, 0.4) is 0 Å². The molecule has 5 nitrogen and oxygen atoms in total. The zero-order valence-corrected chi connectivity index (χ0v) is 14.2. The predicted octanol–water partition coefficient (Wildman–Crippen LogP) is 2.11. The summed E-state index contributed by atoms with van der Waals surface area (Å²) in [6, 6.07) is 0.405. The Morgan fingerprint density at radius 1 is 1.38 bits per heavy atom. The van der Waals surface area contributed by atoms with Gasteiger partial charge < -0.3 is 14.7 Å². The minimum atomic E-state index is -0.871. The van der Waals surface area contributed by atoms with Crippen molar-refractivity contribution < 1.29 is 14.6 Å². The van der Waals surface area contributed by atoms with Crippen LogP contribution < -0.4 is 5.32 Å². The van der Waals surface area contributed by atoms with E-state index in [4.69, 9.17) is 4.74 Å². The second-order valence-electron chi connectivity index (χ2n) is 6.68. The molecule has 0 bridgehead atoms. The first-order valence-corrected chi connectivity index (χ1v) is 8.15. The van der Waals surface area contributed by atoms with E-state index in [9.17, 15) is 9.90 Å². The van der Waals surface area contributed by atoms with E-state index < -0.39 is 11.5 Å². The monoisotopic (exact) mass is 300 g/mol. The number of aliphatic carboxylic acids is 1. The third-order valence-corrected chi connectivity index (χ3v) is 4.29. The van der Waals surface area contributed by atoms with Gasteiger partial charge in [-0.2, -0.15) is 0 Å². The van der Waals surface area contributed by atoms with E-state index in [1.165, 1.54) is 0 Å². The minimum absolute atomic E-state index is 0.155. The molecule has 21 heavy (non-hydrogen) atoms. The fraction of sp³-hybridized carbons (Fsp3) is 0.938. The van der Waals surface area contributed by atoms with Crippen LogP contribution in [0.25, 0.3) is 0 Å². The molecule has 0 amide bonds. The number of carboxylic acid groups (broad SMARTS) is 1. The van der Waals surface area contributed by atoms with Gasteiger partial charge in [0.15, 0.2) is 0 Å². The highest BCUT2D eigenvalue weighted by Crippen LogP contribution is 2.22. The average Bonchev–Trinajstić information content (AvgIpc) is 2.38. The largest absolute Gasteiger partial charge is 0.480 e. The van der Waals surface area contributed by atoms with Crippen LogP contribution in [0, 0.1) is 0 Å². The maximum atomic E-state index is 11.6. The zero-order chi connectivity index (χ0) is 16.0. The van der Waals surface area contributed by atoms with Crippen LogP contribution in [0.1, 0.15) is 53.9 Å². The van der Waals surface area contributed by atoms with E-state index in [1.54, 1.807) is 6.92 Å². The Labute approximate surface area is 129 Å². The lowest BCUT2D eigenvalue weighted by atomic mass is 9.91. The van der Waals surface area contributed by atoms with Crippen LogP contribution in [-0.2, 0) is 9.53 Å². The maximum absolute atomic E-state index is 11.6. The Balaban J connectivity index is 2.55. The van der Waals surface area contributed by atoms with Gasteiger partial charge in [0, 0.05) is 31.8 Å². The SMILES string of the molecule is CCOC1CCN(C(C)CC(C)(NC(C)C)C(=O)O)CC1. The van der Waals surface area contributed by atoms with Crippen molar-refractivity contribution in [2.45, 2.75) is 77.6 Å². The predicted molar refractivity (Wildman–Crippen MR) is 84.6 cm³/mol. The van der Waals surface area contributed by atoms with Gasteiger partial charge in [-0.05, 0) is 53.9 Å². The third kappa shape index (κ3) is 5.57. The van der Waals surface area contributed by atoms with Gasteiger partial charge in [-0.25, -0.2) is 0 Å². The molecule has 5 heteroatoms. The summed E-state index contributed by atoms with van der Waals surface area (Å²) >= 11 is 0. The molecular weight excluding hydrogens is 268 g/mol. The summed E-state index contributed by atoms with van der Waals surface area (Å²) in [7, 11) is 0. The van der Waals surface area contributed by atoms with Gasteiger partial charge in [-0.1, -0.05) is 0 Å². The molecule has 1 saturated heterocycles. The molecule has 0 aliphatic carbocycles. The van der Waals surface area contributed by atoms with E-state index in [-0.39, 0.29) is 12.1 Å². The van der Waals surface area contributed by atoms with Gasteiger partial charge >= 0.3 is 5.97 Å². The normalized spacial score (nSPS) is 22.2. The molecule has 1 fully saturated rings. The van der Waals surface area contributed by atoms with Crippen molar-refractivity contribution in [1.29, 1.82) is 0 Å². The highest BCUT2D eigenvalue weighted by Gasteiger charge is 2.37. The summed E-state index contributed by atoms with van der Waals surface area (Å²) in [5.74, 6) is -0.771. The number of hydrogen-bond acceptors (Lipinski definition) is 4. The van der Waals surface area contributed by atoms with Crippen LogP contribution in [0.15, 0.2) is 0 Å². The molecule has 1 rings (SSSR count). The number of rotatable bonds is 8. The van der Waals surface area contributed by atoms with Gasteiger partial charge in [0.25, 0.3) is 0 Å². The summed E-state index contributed by atoms with van der Waals surface area (Å²) in [4.78, 5) is 14.0. The van der Waals surface area contributed by atoms with Crippen molar-refractivity contribution in [3.05, 3.63) is 0 Å². The number of piperidine rings is 1. The first-order valence-electron chi connectivity index (χ1n) is 8.15. The number of ether oxygens (including phenoxy) is 1. The lowest BCUT2D eigenvalue weighted by molar-refractivity contribution is -0.145. The van der Waals surface area contributed by atoms with Crippen molar-refractivity contribution >= 4 is 5.97 Å². The Bertz CT molecular complexity index is 327. The van der Waals surface area contributed by atoms with E-state index in [2.05, 4.69) is 17.1 Å². The van der Waals surface area contributed by atoms with Gasteiger partial charge in [-0.15, -0.1) is 0 Å². The van der Waals surface area contributed by atoms with Gasteiger partial charge in [0.2, 0.25) is 0 Å². The van der Waals surface area contributed by atoms with E-state index in [1.807, 2.05) is 20.8 Å². The summed E-state index contributed by atoms with van der Waals surface area (Å²) in [5.41, 5.74) is -0.871. The molecule has 0 aromatic rings. The molecule has 0 spiro atoms. The van der Waals surface area contributed by atoms with Crippen LogP contribution in [-0.4, -0.2) is 59.4 Å². The molecule has 2 unspecified atom stereocenters. The Hall–Kier alpha value is -0.650. The topological polar surface area (TPSA) is 61.8 Å². The van der Waals surface area contributed by atoms with Gasteiger partial charge in [0.1, 0.15) is 5.54 Å². The second kappa shape index (κ2) is 8.11. The number of carbonyl (C=O) groups is 1. The molecule has 1 aliphatic heterocycles. The smallest absolute Gasteiger partial charge is 0.323 e. The van der Waals surface area contributed by atoms with Crippen molar-refractivity contribution in [3.63, 3.8) is 0 Å². The van der Waals surface area contributed by atoms with Crippen molar-refractivity contribution in [1.82, 2.24) is 10.2 Å². The minimum Gasteiger partial charge on any atom is -0.480 e. The van der Waals surface area contributed by atoms with Crippen LogP contribution >= 0.6 is 0 Å². The quantitative estimate of drug-likeness (QED) is 0.719. The number of nitrogens with zero attached hydrogens (tertiary/aromatic N) is 1. The molecule has 0 aromatic heterocycles. The zero-order valence-electron chi connectivity index (χ0n) is 14.2. The average molecular weight is 300 g/mol. The number of hydrogen-bond donors (Lipinski definition) is 2. The summed E-state index contributed by atoms with van der Waals surface area (Å²) in [6.45, 7) is 12.7. The maximum Gasteiger partial charge on any atom is 0.323 e. The molecule has 0 radical (unpaired) electrons. The molecule has 0 aromatic carbocycles. The summed E-state index contributed by atoms with van der Waals surface area (Å²) in [5, 5.41) is 12.7. The molecular formula is C16H32N2O3. The highest BCUT2D eigenvalue weighted by molar-refractivity contribution is 5.78. The molecule has 124 valence electrons. The van der Waals surface area contributed by atoms with Gasteiger partial charge in [0.05, 0.1) is 6.10 Å².